The summed E-state index contributed by atoms with van der Waals surface area (Å²) in [6.45, 7) is 30.1. The van der Waals surface area contributed by atoms with Crippen molar-refractivity contribution in [3.63, 3.8) is 0 Å². The van der Waals surface area contributed by atoms with E-state index >= 15 is 4.57 Å². The molecule has 1 nitrogen and oxygen atoms in total. The fraction of sp³-hybridized carbons (Fsp3) is 0.600. The van der Waals surface area contributed by atoms with E-state index in [1.807, 2.05) is 0 Å². The minimum absolute atomic E-state index is 0.0126. The molecule has 0 amide bonds. The predicted molar refractivity (Wildman–Crippen MR) is 194 cm³/mol. The number of hydrogen-bond acceptors (Lipinski definition) is 1. The highest BCUT2D eigenvalue weighted by Gasteiger charge is 2.67. The van der Waals surface area contributed by atoms with Crippen molar-refractivity contribution in [1.82, 2.24) is 0 Å². The van der Waals surface area contributed by atoms with E-state index in [9.17, 15) is 0 Å². The molecule has 3 heterocycles. The quantitative estimate of drug-likeness (QED) is 0.270. The predicted octanol–water partition coefficient (Wildman–Crippen LogP) is 13.6. The Labute approximate surface area is 265 Å². The fourth-order valence-corrected chi connectivity index (χ4v) is 21.3. The molecule has 0 radical (unpaired) electrons. The Hall–Kier alpha value is -1.42. The van der Waals surface area contributed by atoms with Crippen molar-refractivity contribution in [2.75, 3.05) is 6.16 Å². The summed E-state index contributed by atoms with van der Waals surface area (Å²) in [5, 5.41) is 2.72. The molecule has 0 saturated carbocycles. The van der Waals surface area contributed by atoms with Crippen LogP contribution in [0.5, 0.6) is 0 Å². The van der Waals surface area contributed by atoms with E-state index in [1.165, 1.54) is 55.1 Å². The summed E-state index contributed by atoms with van der Waals surface area (Å²) in [5.41, 5.74) is 11.6. The van der Waals surface area contributed by atoms with E-state index in [-0.39, 0.29) is 11.1 Å². The molecular formula is C40H58OP2. The molecule has 3 heteroatoms. The van der Waals surface area contributed by atoms with Crippen LogP contribution in [0.3, 0.4) is 0 Å². The first-order valence-electron chi connectivity index (χ1n) is 17.1. The lowest BCUT2D eigenvalue weighted by Crippen LogP contribution is -2.29. The number of rotatable bonds is 8. The van der Waals surface area contributed by atoms with Crippen molar-refractivity contribution in [3.05, 3.63) is 80.9 Å². The third-order valence-electron chi connectivity index (χ3n) is 10.7. The van der Waals surface area contributed by atoms with Crippen molar-refractivity contribution in [3.8, 4) is 0 Å². The van der Waals surface area contributed by atoms with Gasteiger partial charge in [0.25, 0.3) is 0 Å². The first kappa shape index (κ1) is 33.0. The summed E-state index contributed by atoms with van der Waals surface area (Å²) < 4.78 is 16.3. The Kier molecular flexibility index (Phi) is 8.76. The van der Waals surface area contributed by atoms with Gasteiger partial charge in [-0.25, -0.2) is 0 Å². The van der Waals surface area contributed by atoms with Gasteiger partial charge in [0, 0.05) is 16.4 Å². The molecule has 5 unspecified atom stereocenters. The van der Waals surface area contributed by atoms with Gasteiger partial charge < -0.3 is 4.57 Å². The second kappa shape index (κ2) is 11.4. The van der Waals surface area contributed by atoms with Crippen molar-refractivity contribution in [2.24, 2.45) is 11.3 Å². The van der Waals surface area contributed by atoms with Crippen LogP contribution in [-0.2, 0) is 4.57 Å². The zero-order chi connectivity index (χ0) is 31.9. The zero-order valence-corrected chi connectivity index (χ0v) is 31.4. The maximum atomic E-state index is 16.3. The molecule has 1 fully saturated rings. The Morgan fingerprint density at radius 2 is 1.07 bits per heavy atom. The standard InChI is InChI=1S/C40H58OP2/c1-22(2)29-16-31(24(5)6)37(32(17-29)25(7)8)35-20-40(14)21-42(35)43(41)36(15-28(13)39(40)43)38-33(26(9)10)18-30(23(3)4)19-34(38)27(11)12/h15-20,22-28,39H,21H2,1-14H3. The van der Waals surface area contributed by atoms with Gasteiger partial charge in [-0.15, -0.1) is 0 Å². The summed E-state index contributed by atoms with van der Waals surface area (Å²) in [5.74, 6) is 2.92. The molecular weight excluding hydrogens is 558 g/mol. The van der Waals surface area contributed by atoms with Gasteiger partial charge in [-0.2, -0.15) is 0 Å². The first-order valence-corrected chi connectivity index (χ1v) is 21.1. The molecule has 234 valence electrons. The first-order chi connectivity index (χ1) is 19.9. The van der Waals surface area contributed by atoms with Crippen LogP contribution in [0.4, 0.5) is 0 Å². The van der Waals surface area contributed by atoms with Crippen molar-refractivity contribution in [1.29, 1.82) is 0 Å². The average molecular weight is 617 g/mol. The maximum absolute atomic E-state index is 16.3. The van der Waals surface area contributed by atoms with E-state index in [2.05, 4.69) is 133 Å². The summed E-state index contributed by atoms with van der Waals surface area (Å²) in [7, 11) is -0.811. The number of hydrogen-bond donors (Lipinski definition) is 0. The molecule has 1 saturated heterocycles. The lowest BCUT2D eigenvalue weighted by atomic mass is 9.79. The van der Waals surface area contributed by atoms with Crippen LogP contribution in [0.15, 0.2) is 36.4 Å². The second-order valence-electron chi connectivity index (χ2n) is 16.1. The van der Waals surface area contributed by atoms with Crippen molar-refractivity contribution < 1.29 is 4.57 Å². The largest absolute Gasteiger partial charge is 0.313 e. The summed E-state index contributed by atoms with van der Waals surface area (Å²) in [6.07, 6.45) is 6.22. The molecule has 5 atom stereocenters. The molecule has 0 aromatic heterocycles. The Balaban J connectivity index is 1.78. The van der Waals surface area contributed by atoms with Gasteiger partial charge >= 0.3 is 0 Å². The molecule has 2 aromatic carbocycles. The van der Waals surface area contributed by atoms with Crippen molar-refractivity contribution >= 4 is 25.1 Å². The SMILES string of the molecule is CC(C)c1cc(C(C)C)c(C2=CC3(C)CP2P2(=O)C(c4c(C(C)C)cc(C(C)C)cc4C(C)C)=CC(C)C32)c(C(C)C)c1. The smallest absolute Gasteiger partial charge is 0.144 e. The molecule has 2 aromatic rings. The lowest BCUT2D eigenvalue weighted by molar-refractivity contribution is 0.411. The highest BCUT2D eigenvalue weighted by molar-refractivity contribution is 8.41. The number of benzene rings is 2. The van der Waals surface area contributed by atoms with Gasteiger partial charge in [-0.05, 0) is 105 Å². The monoisotopic (exact) mass is 616 g/mol. The Morgan fingerprint density at radius 3 is 1.44 bits per heavy atom. The number of allylic oxidation sites excluding steroid dienone is 2. The van der Waals surface area contributed by atoms with E-state index in [1.54, 1.807) is 0 Å². The lowest BCUT2D eigenvalue weighted by Gasteiger charge is -2.37. The second-order valence-corrected chi connectivity index (χ2v) is 23.3. The van der Waals surface area contributed by atoms with Crippen LogP contribution in [0.1, 0.15) is 177 Å². The zero-order valence-electron chi connectivity index (χ0n) is 29.6. The normalized spacial score (nSPS) is 28.3. The fourth-order valence-electron chi connectivity index (χ4n) is 8.43. The van der Waals surface area contributed by atoms with Crippen LogP contribution < -0.4 is 0 Å². The number of fused-ring (bicyclic) bond motifs is 5. The van der Waals surface area contributed by atoms with Gasteiger partial charge in [-0.1, -0.05) is 133 Å². The van der Waals surface area contributed by atoms with Crippen LogP contribution in [0.2, 0.25) is 0 Å². The third kappa shape index (κ3) is 5.12. The average Bonchev–Trinajstić information content (AvgIpc) is 3.49. The van der Waals surface area contributed by atoms with E-state index < -0.39 is 14.4 Å². The third-order valence-corrected chi connectivity index (χ3v) is 20.8. The van der Waals surface area contributed by atoms with Gasteiger partial charge in [0.2, 0.25) is 0 Å². The highest BCUT2D eigenvalue weighted by atomic mass is 32.1. The summed E-state index contributed by atoms with van der Waals surface area (Å²) in [6, 6.07) is 9.89. The highest BCUT2D eigenvalue weighted by Crippen LogP contribution is 3.00. The Bertz CT molecular complexity index is 1470. The van der Waals surface area contributed by atoms with Gasteiger partial charge in [0.15, 0.2) is 0 Å². The van der Waals surface area contributed by atoms with Gasteiger partial charge in [0.1, 0.15) is 6.83 Å². The molecule has 3 aliphatic heterocycles. The maximum Gasteiger partial charge on any atom is 0.144 e. The van der Waals surface area contributed by atoms with E-state index in [4.69, 9.17) is 0 Å². The molecule has 0 aliphatic carbocycles. The molecule has 3 aliphatic rings. The molecule has 0 N–H and O–H groups in total. The Morgan fingerprint density at radius 1 is 0.674 bits per heavy atom. The van der Waals surface area contributed by atoms with Crippen LogP contribution in [0.25, 0.3) is 10.6 Å². The molecule has 43 heavy (non-hydrogen) atoms. The minimum Gasteiger partial charge on any atom is -0.313 e. The molecule has 2 bridgehead atoms. The summed E-state index contributed by atoms with van der Waals surface area (Å²) in [4.78, 5) is 0. The minimum atomic E-state index is -2.71. The van der Waals surface area contributed by atoms with Crippen LogP contribution >= 0.6 is 14.4 Å². The topological polar surface area (TPSA) is 17.1 Å². The van der Waals surface area contributed by atoms with Crippen LogP contribution in [0, 0.1) is 11.3 Å². The van der Waals surface area contributed by atoms with Gasteiger partial charge in [0.05, 0.1) is 0 Å². The molecule has 0 spiro atoms. The summed E-state index contributed by atoms with van der Waals surface area (Å²) >= 11 is 0. The van der Waals surface area contributed by atoms with E-state index in [0.29, 0.717) is 41.4 Å². The van der Waals surface area contributed by atoms with Gasteiger partial charge in [-0.3, -0.25) is 0 Å². The van der Waals surface area contributed by atoms with Crippen molar-refractivity contribution in [2.45, 2.75) is 138 Å². The van der Waals surface area contributed by atoms with Crippen LogP contribution in [-0.4, -0.2) is 11.8 Å². The molecule has 5 rings (SSSR count). The van der Waals surface area contributed by atoms with E-state index in [0.717, 1.165) is 6.16 Å².